The molecular formula is C55H74N6O14. The van der Waals surface area contributed by atoms with Crippen molar-refractivity contribution < 1.29 is 68.4 Å². The van der Waals surface area contributed by atoms with Gasteiger partial charge in [-0.05, 0) is 145 Å². The van der Waals surface area contributed by atoms with Gasteiger partial charge >= 0.3 is 5.97 Å². The molecule has 4 heterocycles. The van der Waals surface area contributed by atoms with Gasteiger partial charge in [0.2, 0.25) is 0 Å². The average molecular weight is 1040 g/mol. The van der Waals surface area contributed by atoms with E-state index in [4.69, 9.17) is 23.7 Å². The minimum absolute atomic E-state index is 0.0467. The van der Waals surface area contributed by atoms with E-state index in [1.165, 1.54) is 37.5 Å². The Kier molecular flexibility index (Phi) is 15.0. The van der Waals surface area contributed by atoms with Crippen molar-refractivity contribution in [2.45, 2.75) is 174 Å². The molecule has 4 saturated carbocycles. The Hall–Kier alpha value is -4.90. The fourth-order valence-corrected chi connectivity index (χ4v) is 15.0. The van der Waals surface area contributed by atoms with Crippen LogP contribution in [0.1, 0.15) is 117 Å². The molecule has 2 aromatic rings. The van der Waals surface area contributed by atoms with E-state index in [0.717, 1.165) is 38.5 Å². The van der Waals surface area contributed by atoms with Gasteiger partial charge in [-0.3, -0.25) is 29.1 Å². The van der Waals surface area contributed by atoms with Crippen molar-refractivity contribution in [3.05, 3.63) is 71.8 Å². The third-order valence-electron chi connectivity index (χ3n) is 19.6. The molecule has 20 heteroatoms. The molecule has 2 aromatic heterocycles. The van der Waals surface area contributed by atoms with Gasteiger partial charge in [-0.2, -0.15) is 10.2 Å². The Morgan fingerprint density at radius 3 is 1.84 bits per heavy atom. The van der Waals surface area contributed by atoms with E-state index in [1.807, 2.05) is 13.0 Å². The van der Waals surface area contributed by atoms with Gasteiger partial charge in [0.1, 0.15) is 36.6 Å². The molecule has 0 spiro atoms. The fraction of sp³-hybridized carbons (Fsp3) is 0.673. The highest BCUT2D eigenvalue weighted by molar-refractivity contribution is 5.96. The second kappa shape index (κ2) is 20.5. The SMILES string of the molecule is COC(=O)[C@@]1(C)CC[C@]2(C)CC[C@]3(C)C(=CC(=O)[C@@H]4[C@@]5(C)CC[C@H](O[C@H]6O[C@H](C(=O)N/N=C/c7ccncc7)[C@@H](O)[C@H](O)[C@H]6O[C@@H]6O[C@H](C(=O)N/N=C/c7ccncc7)[C@@H](O)[C@H](O)[C@H]6O)C(C)(C)[C@@H]5CC[C@]43C)[C@@H]2C1. The van der Waals surface area contributed by atoms with Crippen LogP contribution in [0.5, 0.6) is 0 Å². The summed E-state index contributed by atoms with van der Waals surface area (Å²) < 4.78 is 30.5. The molecule has 20 nitrogen and oxygen atoms in total. The number of ether oxygens (including phenoxy) is 5. The van der Waals surface area contributed by atoms with Crippen molar-refractivity contribution in [1.82, 2.24) is 20.8 Å². The van der Waals surface area contributed by atoms with Crippen molar-refractivity contribution in [1.29, 1.82) is 0 Å². The summed E-state index contributed by atoms with van der Waals surface area (Å²) in [5.41, 5.74) is 4.37. The van der Waals surface area contributed by atoms with Gasteiger partial charge in [0.05, 0.1) is 31.1 Å². The van der Waals surface area contributed by atoms with Crippen LogP contribution in [0.25, 0.3) is 0 Å². The molecule has 2 saturated heterocycles. The summed E-state index contributed by atoms with van der Waals surface area (Å²) in [6.45, 7) is 15.4. The second-order valence-corrected chi connectivity index (χ2v) is 24.2. The molecular weight excluding hydrogens is 969 g/mol. The predicted octanol–water partition coefficient (Wildman–Crippen LogP) is 3.26. The number of nitrogens with zero attached hydrogens (tertiary/aromatic N) is 4. The van der Waals surface area contributed by atoms with Gasteiger partial charge in [0, 0.05) is 30.7 Å². The summed E-state index contributed by atoms with van der Waals surface area (Å²) in [5, 5.41) is 64.6. The molecule has 0 radical (unpaired) electrons. The zero-order valence-corrected chi connectivity index (χ0v) is 44.0. The van der Waals surface area contributed by atoms with E-state index >= 15 is 4.79 Å². The van der Waals surface area contributed by atoms with Crippen LogP contribution in [0.3, 0.4) is 0 Å². The first-order chi connectivity index (χ1) is 35.4. The van der Waals surface area contributed by atoms with Crippen LogP contribution in [0.2, 0.25) is 0 Å². The summed E-state index contributed by atoms with van der Waals surface area (Å²) in [5.74, 6) is -2.41. The van der Waals surface area contributed by atoms with E-state index in [9.17, 15) is 39.9 Å². The summed E-state index contributed by atoms with van der Waals surface area (Å²) in [4.78, 5) is 63.5. The van der Waals surface area contributed by atoms with Crippen LogP contribution in [-0.2, 0) is 42.9 Å². The third-order valence-corrected chi connectivity index (χ3v) is 19.6. The number of aliphatic hydroxyl groups is 5. The summed E-state index contributed by atoms with van der Waals surface area (Å²) >= 11 is 0. The second-order valence-electron chi connectivity index (χ2n) is 24.2. The number of ketones is 1. The summed E-state index contributed by atoms with van der Waals surface area (Å²) in [7, 11) is 1.45. The van der Waals surface area contributed by atoms with Gasteiger partial charge in [0.25, 0.3) is 11.8 Å². The van der Waals surface area contributed by atoms with Crippen LogP contribution in [0, 0.1) is 50.2 Å². The maximum atomic E-state index is 15.2. The van der Waals surface area contributed by atoms with E-state index in [1.54, 1.807) is 36.7 Å². The molecule has 408 valence electrons. The number of allylic oxidation sites excluding steroid dienone is 2. The van der Waals surface area contributed by atoms with Crippen LogP contribution in [0.15, 0.2) is 70.9 Å². The lowest BCUT2D eigenvalue weighted by atomic mass is 9.33. The number of pyridine rings is 2. The highest BCUT2D eigenvalue weighted by Crippen LogP contribution is 2.75. The Bertz CT molecular complexity index is 2570. The molecule has 7 aliphatic rings. The number of amides is 2. The van der Waals surface area contributed by atoms with Crippen molar-refractivity contribution in [2.75, 3.05) is 7.11 Å². The molecule has 2 aliphatic heterocycles. The van der Waals surface area contributed by atoms with Gasteiger partial charge in [-0.15, -0.1) is 0 Å². The Morgan fingerprint density at radius 1 is 0.693 bits per heavy atom. The molecule has 6 fully saturated rings. The van der Waals surface area contributed by atoms with Crippen LogP contribution >= 0.6 is 0 Å². The molecule has 75 heavy (non-hydrogen) atoms. The molecule has 19 atom stereocenters. The number of nitrogens with one attached hydrogen (secondary N) is 2. The highest BCUT2D eigenvalue weighted by Gasteiger charge is 2.71. The molecule has 0 unspecified atom stereocenters. The van der Waals surface area contributed by atoms with E-state index in [2.05, 4.69) is 72.6 Å². The Morgan fingerprint density at radius 2 is 1.25 bits per heavy atom. The number of rotatable bonds is 11. The Labute approximate surface area is 437 Å². The van der Waals surface area contributed by atoms with Crippen molar-refractivity contribution in [3.8, 4) is 0 Å². The van der Waals surface area contributed by atoms with Gasteiger partial charge < -0.3 is 49.2 Å². The molecule has 0 aromatic carbocycles. The number of hydrogen-bond donors (Lipinski definition) is 7. The number of aliphatic hydroxyl groups excluding tert-OH is 5. The van der Waals surface area contributed by atoms with E-state index < -0.39 is 101 Å². The quantitative estimate of drug-likeness (QED) is 0.0736. The first-order valence-corrected chi connectivity index (χ1v) is 26.2. The monoisotopic (exact) mass is 1040 g/mol. The predicted molar refractivity (Wildman–Crippen MR) is 268 cm³/mol. The average Bonchev–Trinajstić information content (AvgIpc) is 3.38. The number of hydrazone groups is 2. The van der Waals surface area contributed by atoms with Crippen LogP contribution < -0.4 is 10.9 Å². The fourth-order valence-electron chi connectivity index (χ4n) is 15.0. The number of fused-ring (bicyclic) bond motifs is 7. The number of carbonyl (C=O) groups excluding carboxylic acids is 4. The lowest BCUT2D eigenvalue weighted by molar-refractivity contribution is -0.369. The standard InChI is InChI=1S/C55H74N6O14/c1-50(2)34-9-16-55(7)44(33(62)25-31-32-26-52(4,49(70)71-8)18-17-51(32,3)19-20-54(31,55)6)53(34,5)15-10-35(50)72-48-43(39(66)38(65)42(74-48)46(69)61-59-28-30-13-23-57-24-14-30)75-47-40(67)36(63)37(64)41(73-47)45(68)60-58-27-29-11-21-56-22-12-29/h11-14,21-25,27-28,32,34-44,47-48,63-67H,9-10,15-20,26H2,1-8H3,(H,60,68)(H,61,69)/b58-27+,59-28+/t32-,34-,35-,36-,37-,38-,39-,40+,41-,42-,43+,44+,47-,48-,51+,52-,53-,54+,55+/m0/s1. The van der Waals surface area contributed by atoms with Crippen molar-refractivity contribution in [2.24, 2.45) is 60.4 Å². The summed E-state index contributed by atoms with van der Waals surface area (Å²) in [6, 6.07) is 6.58. The molecule has 5 aliphatic carbocycles. The largest absolute Gasteiger partial charge is 0.469 e. The highest BCUT2D eigenvalue weighted by atomic mass is 16.8. The first kappa shape index (κ1) is 54.9. The lowest BCUT2D eigenvalue weighted by Crippen LogP contribution is -2.68. The van der Waals surface area contributed by atoms with E-state index in [-0.39, 0.29) is 40.3 Å². The normalized spacial score (nSPS) is 43.3. The molecule has 9 rings (SSSR count). The summed E-state index contributed by atoms with van der Waals surface area (Å²) in [6.07, 6.45) is -2.14. The minimum Gasteiger partial charge on any atom is -0.469 e. The maximum Gasteiger partial charge on any atom is 0.311 e. The number of aromatic nitrogens is 2. The van der Waals surface area contributed by atoms with Crippen LogP contribution in [-0.4, -0.2) is 146 Å². The number of hydrogen-bond acceptors (Lipinski definition) is 18. The van der Waals surface area contributed by atoms with E-state index in [0.29, 0.717) is 30.4 Å². The molecule has 2 amide bonds. The van der Waals surface area contributed by atoms with Gasteiger partial charge in [0.15, 0.2) is 30.6 Å². The number of methoxy groups -OCH3 is 1. The zero-order chi connectivity index (χ0) is 54.0. The van der Waals surface area contributed by atoms with Crippen LogP contribution in [0.4, 0.5) is 0 Å². The topological polar surface area (TPSA) is 290 Å². The van der Waals surface area contributed by atoms with Crippen molar-refractivity contribution >= 4 is 36.0 Å². The lowest BCUT2D eigenvalue weighted by Gasteiger charge is -2.70. The smallest absolute Gasteiger partial charge is 0.311 e. The number of esters is 1. The number of carbonyl (C=O) groups is 4. The minimum atomic E-state index is -2.00. The van der Waals surface area contributed by atoms with Gasteiger partial charge in [-0.1, -0.05) is 47.1 Å². The first-order valence-electron chi connectivity index (χ1n) is 26.2. The third kappa shape index (κ3) is 9.49. The van der Waals surface area contributed by atoms with Crippen molar-refractivity contribution in [3.63, 3.8) is 0 Å². The molecule has 7 N–H and O–H groups in total. The zero-order valence-electron chi connectivity index (χ0n) is 44.0. The Balaban J connectivity index is 0.983. The van der Waals surface area contributed by atoms with Gasteiger partial charge in [-0.25, -0.2) is 10.9 Å². The molecule has 0 bridgehead atoms. The maximum absolute atomic E-state index is 15.2.